The van der Waals surface area contributed by atoms with Gasteiger partial charge in [0.25, 0.3) is 0 Å². The second-order valence-electron chi connectivity index (χ2n) is 6.04. The average Bonchev–Trinajstić information content (AvgIpc) is 3.27. The lowest BCUT2D eigenvalue weighted by Crippen LogP contribution is -2.44. The van der Waals surface area contributed by atoms with Crippen molar-refractivity contribution in [3.05, 3.63) is 72.6 Å². The Morgan fingerprint density at radius 2 is 2.04 bits per heavy atom. The number of fused-ring (bicyclic) bond motifs is 1. The number of rotatable bonds is 4. The summed E-state index contributed by atoms with van der Waals surface area (Å²) in [4.78, 5) is 17.3. The average molecular weight is 321 g/mol. The lowest BCUT2D eigenvalue weighted by molar-refractivity contribution is -0.124. The number of hydrogen-bond acceptors (Lipinski definition) is 3. The van der Waals surface area contributed by atoms with Crippen LogP contribution in [0.3, 0.4) is 0 Å². The van der Waals surface area contributed by atoms with E-state index in [1.54, 1.807) is 10.9 Å². The lowest BCUT2D eigenvalue weighted by atomic mass is 10.0. The molecule has 3 heterocycles. The van der Waals surface area contributed by atoms with Crippen LogP contribution in [0.2, 0.25) is 0 Å². The summed E-state index contributed by atoms with van der Waals surface area (Å²) in [6.45, 7) is 0.766. The first kappa shape index (κ1) is 14.7. The second-order valence-corrected chi connectivity index (χ2v) is 6.04. The van der Waals surface area contributed by atoms with Gasteiger partial charge in [-0.05, 0) is 18.1 Å². The van der Waals surface area contributed by atoms with Crippen LogP contribution in [-0.2, 0) is 17.8 Å². The molecule has 6 nitrogen and oxygen atoms in total. The molecule has 0 spiro atoms. The van der Waals surface area contributed by atoms with Crippen LogP contribution < -0.4 is 5.32 Å². The van der Waals surface area contributed by atoms with Gasteiger partial charge in [-0.2, -0.15) is 5.10 Å². The molecule has 1 aliphatic heterocycles. The van der Waals surface area contributed by atoms with Crippen LogP contribution in [0.5, 0.6) is 0 Å². The van der Waals surface area contributed by atoms with Crippen LogP contribution in [0.15, 0.2) is 61.2 Å². The summed E-state index contributed by atoms with van der Waals surface area (Å²) in [6.07, 6.45) is 9.10. The number of aryl methyl sites for hydroxylation is 1. The minimum absolute atomic E-state index is 0.0292. The third-order valence-corrected chi connectivity index (χ3v) is 4.43. The third kappa shape index (κ3) is 2.82. The van der Waals surface area contributed by atoms with Gasteiger partial charge in [0.15, 0.2) is 6.04 Å². The summed E-state index contributed by atoms with van der Waals surface area (Å²) >= 11 is 0. The van der Waals surface area contributed by atoms with Crippen molar-refractivity contribution >= 4 is 5.91 Å². The number of amides is 1. The quantitative estimate of drug-likeness (QED) is 0.797. The zero-order valence-corrected chi connectivity index (χ0v) is 13.2. The Balaban J connectivity index is 1.54. The molecule has 1 N–H and O–H groups in total. The number of carbonyl (C=O) groups excluding carboxylic acids is 1. The fourth-order valence-electron chi connectivity index (χ4n) is 3.26. The van der Waals surface area contributed by atoms with Gasteiger partial charge in [0.05, 0.1) is 0 Å². The van der Waals surface area contributed by atoms with Gasteiger partial charge in [0.1, 0.15) is 5.82 Å². The number of carbonyl (C=O) groups is 1. The molecule has 0 fully saturated rings. The van der Waals surface area contributed by atoms with E-state index in [0.717, 1.165) is 30.8 Å². The first-order valence-corrected chi connectivity index (χ1v) is 8.16. The van der Waals surface area contributed by atoms with E-state index in [0.29, 0.717) is 0 Å². The van der Waals surface area contributed by atoms with Crippen molar-refractivity contribution in [2.24, 2.45) is 0 Å². The zero-order valence-electron chi connectivity index (χ0n) is 13.2. The van der Waals surface area contributed by atoms with Crippen molar-refractivity contribution < 1.29 is 4.79 Å². The minimum atomic E-state index is -0.453. The molecular formula is C18H19N5O. The standard InChI is InChI=1S/C18H19N5O/c24-18(21-15-7-8-16-19-10-12-22(16)13-15)17(23-11-4-9-20-23)14-5-2-1-3-6-14/h1-6,9-12,15,17H,7-8,13H2,(H,21,24)/t15-,17-/m1/s1. The highest BCUT2D eigenvalue weighted by atomic mass is 16.2. The van der Waals surface area contributed by atoms with Crippen LogP contribution in [0.1, 0.15) is 23.9 Å². The van der Waals surface area contributed by atoms with Crippen molar-refractivity contribution in [3.63, 3.8) is 0 Å². The monoisotopic (exact) mass is 321 g/mol. The van der Waals surface area contributed by atoms with Crippen LogP contribution in [0.25, 0.3) is 0 Å². The van der Waals surface area contributed by atoms with Gasteiger partial charge in [-0.3, -0.25) is 9.48 Å². The van der Waals surface area contributed by atoms with E-state index >= 15 is 0 Å². The fourth-order valence-corrected chi connectivity index (χ4v) is 3.26. The van der Waals surface area contributed by atoms with Crippen molar-refractivity contribution in [3.8, 4) is 0 Å². The van der Waals surface area contributed by atoms with Gasteiger partial charge in [-0.1, -0.05) is 30.3 Å². The number of nitrogens with one attached hydrogen (secondary N) is 1. The molecule has 0 bridgehead atoms. The van der Waals surface area contributed by atoms with Crippen molar-refractivity contribution in [1.82, 2.24) is 24.6 Å². The minimum Gasteiger partial charge on any atom is -0.349 e. The maximum atomic E-state index is 13.0. The molecule has 0 saturated carbocycles. The Morgan fingerprint density at radius 3 is 2.83 bits per heavy atom. The SMILES string of the molecule is O=C(N[C@@H]1CCc2nccn2C1)[C@@H](c1ccccc1)n1cccn1. The molecule has 2 atom stereocenters. The Kier molecular flexibility index (Phi) is 3.86. The number of aromatic nitrogens is 4. The highest BCUT2D eigenvalue weighted by Crippen LogP contribution is 2.19. The molecule has 24 heavy (non-hydrogen) atoms. The maximum Gasteiger partial charge on any atom is 0.249 e. The largest absolute Gasteiger partial charge is 0.349 e. The van der Waals surface area contributed by atoms with Crippen molar-refractivity contribution in [2.45, 2.75) is 31.5 Å². The van der Waals surface area contributed by atoms with Gasteiger partial charge >= 0.3 is 0 Å². The Hall–Kier alpha value is -2.89. The summed E-state index contributed by atoms with van der Waals surface area (Å²) in [6, 6.07) is 11.2. The lowest BCUT2D eigenvalue weighted by Gasteiger charge is -2.27. The second kappa shape index (κ2) is 6.31. The molecule has 3 aromatic rings. The van der Waals surface area contributed by atoms with E-state index in [4.69, 9.17) is 0 Å². The highest BCUT2D eigenvalue weighted by Gasteiger charge is 2.27. The molecule has 4 rings (SSSR count). The highest BCUT2D eigenvalue weighted by molar-refractivity contribution is 5.83. The predicted molar refractivity (Wildman–Crippen MR) is 89.3 cm³/mol. The summed E-state index contributed by atoms with van der Waals surface area (Å²) < 4.78 is 3.82. The molecule has 6 heteroatoms. The van der Waals surface area contributed by atoms with Gasteiger partial charge in [-0.25, -0.2) is 4.98 Å². The molecule has 1 aromatic carbocycles. The topological polar surface area (TPSA) is 64.7 Å². The summed E-state index contributed by atoms with van der Waals surface area (Å²) in [5.74, 6) is 1.06. The molecular weight excluding hydrogens is 302 g/mol. The van der Waals surface area contributed by atoms with Crippen molar-refractivity contribution in [1.29, 1.82) is 0 Å². The summed E-state index contributed by atoms with van der Waals surface area (Å²) in [5.41, 5.74) is 0.929. The van der Waals surface area contributed by atoms with E-state index in [2.05, 4.69) is 20.0 Å². The predicted octanol–water partition coefficient (Wildman–Crippen LogP) is 1.80. The molecule has 122 valence electrons. The smallest absolute Gasteiger partial charge is 0.249 e. The first-order chi connectivity index (χ1) is 11.8. The van der Waals surface area contributed by atoms with Crippen LogP contribution in [-0.4, -0.2) is 31.3 Å². The Labute approximate surface area is 140 Å². The zero-order chi connectivity index (χ0) is 16.4. The molecule has 0 saturated heterocycles. The molecule has 1 amide bonds. The number of hydrogen-bond donors (Lipinski definition) is 1. The Morgan fingerprint density at radius 1 is 1.17 bits per heavy atom. The molecule has 0 radical (unpaired) electrons. The Bertz CT molecular complexity index is 809. The van der Waals surface area contributed by atoms with Crippen LogP contribution in [0.4, 0.5) is 0 Å². The van der Waals surface area contributed by atoms with Crippen LogP contribution in [0, 0.1) is 0 Å². The number of imidazole rings is 1. The molecule has 0 aliphatic carbocycles. The van der Waals surface area contributed by atoms with E-state index < -0.39 is 6.04 Å². The first-order valence-electron chi connectivity index (χ1n) is 8.16. The fraction of sp³-hybridized carbons (Fsp3) is 0.278. The van der Waals surface area contributed by atoms with E-state index in [1.807, 2.05) is 55.0 Å². The van der Waals surface area contributed by atoms with E-state index in [-0.39, 0.29) is 11.9 Å². The van der Waals surface area contributed by atoms with Gasteiger partial charge < -0.3 is 9.88 Å². The van der Waals surface area contributed by atoms with Crippen molar-refractivity contribution in [2.75, 3.05) is 0 Å². The number of benzene rings is 1. The van der Waals surface area contributed by atoms with Gasteiger partial charge in [0, 0.05) is 43.8 Å². The molecule has 0 unspecified atom stereocenters. The third-order valence-electron chi connectivity index (χ3n) is 4.43. The van der Waals surface area contributed by atoms with Crippen LogP contribution >= 0.6 is 0 Å². The summed E-state index contributed by atoms with van der Waals surface area (Å²) in [7, 11) is 0. The molecule has 1 aliphatic rings. The van der Waals surface area contributed by atoms with Gasteiger partial charge in [0.2, 0.25) is 5.91 Å². The maximum absolute atomic E-state index is 13.0. The number of nitrogens with zero attached hydrogens (tertiary/aromatic N) is 4. The normalized spacial score (nSPS) is 17.9. The molecule has 2 aromatic heterocycles. The van der Waals surface area contributed by atoms with E-state index in [1.165, 1.54) is 0 Å². The van der Waals surface area contributed by atoms with E-state index in [9.17, 15) is 4.79 Å². The summed E-state index contributed by atoms with van der Waals surface area (Å²) in [5, 5.41) is 7.46. The van der Waals surface area contributed by atoms with Gasteiger partial charge in [-0.15, -0.1) is 0 Å².